The molecule has 1 fully saturated rings. The van der Waals surface area contributed by atoms with Gasteiger partial charge >= 0.3 is 0 Å². The minimum atomic E-state index is -0.220. The number of carbonyl (C=O) groups excluding carboxylic acids is 1. The van der Waals surface area contributed by atoms with Gasteiger partial charge in [-0.25, -0.2) is 0 Å². The van der Waals surface area contributed by atoms with Gasteiger partial charge in [-0.2, -0.15) is 0 Å². The molecule has 0 saturated heterocycles. The van der Waals surface area contributed by atoms with Crippen molar-refractivity contribution in [3.05, 3.63) is 0 Å². The first-order chi connectivity index (χ1) is 5.11. The summed E-state index contributed by atoms with van der Waals surface area (Å²) in [7, 11) is 0. The Morgan fingerprint density at radius 1 is 1.45 bits per heavy atom. The van der Waals surface area contributed by atoms with E-state index in [0.29, 0.717) is 5.92 Å². The zero-order valence-electron chi connectivity index (χ0n) is 6.52. The molecule has 3 atom stereocenters. The predicted molar refractivity (Wildman–Crippen MR) is 47.0 cm³/mol. The monoisotopic (exact) mass is 194 g/mol. The summed E-state index contributed by atoms with van der Waals surface area (Å²) in [6.07, 6.45) is 2.80. The number of carbonyl (C=O) groups is 1. The van der Waals surface area contributed by atoms with Crippen molar-refractivity contribution in [1.29, 1.82) is 0 Å². The lowest BCUT2D eigenvalue weighted by Crippen LogP contribution is -2.27. The van der Waals surface area contributed by atoms with Crippen LogP contribution in [0.5, 0.6) is 0 Å². The van der Waals surface area contributed by atoms with Gasteiger partial charge in [0.2, 0.25) is 5.24 Å². The molecule has 0 aliphatic heterocycles. The Bertz CT molecular complexity index is 158. The van der Waals surface area contributed by atoms with E-state index in [0.717, 1.165) is 19.3 Å². The zero-order valence-corrected chi connectivity index (χ0v) is 8.03. The highest BCUT2D eigenvalue weighted by Crippen LogP contribution is 2.33. The lowest BCUT2D eigenvalue weighted by Gasteiger charge is -2.28. The van der Waals surface area contributed by atoms with Crippen LogP contribution in [-0.4, -0.2) is 10.6 Å². The van der Waals surface area contributed by atoms with Crippen molar-refractivity contribution < 1.29 is 4.79 Å². The summed E-state index contributed by atoms with van der Waals surface area (Å²) in [4.78, 5) is 10.9. The van der Waals surface area contributed by atoms with Gasteiger partial charge in [0.15, 0.2) is 0 Å². The third kappa shape index (κ3) is 2.34. The fourth-order valence-electron chi connectivity index (χ4n) is 1.59. The molecule has 0 aromatic rings. The van der Waals surface area contributed by atoms with Gasteiger partial charge < -0.3 is 0 Å². The van der Waals surface area contributed by atoms with Crippen LogP contribution in [0.3, 0.4) is 0 Å². The van der Waals surface area contributed by atoms with Crippen LogP contribution >= 0.6 is 23.2 Å². The van der Waals surface area contributed by atoms with Gasteiger partial charge in [-0.15, -0.1) is 11.6 Å². The predicted octanol–water partition coefficient (Wildman–Crippen LogP) is 2.80. The summed E-state index contributed by atoms with van der Waals surface area (Å²) in [5.74, 6) is 0.405. The van der Waals surface area contributed by atoms with Crippen molar-refractivity contribution in [2.45, 2.75) is 31.6 Å². The Labute approximate surface area is 77.1 Å². The largest absolute Gasteiger partial charge is 0.281 e. The normalized spacial score (nSPS) is 38.6. The third-order valence-corrected chi connectivity index (χ3v) is 3.10. The molecule has 0 aromatic carbocycles. The highest BCUT2D eigenvalue weighted by atomic mass is 35.5. The van der Waals surface area contributed by atoms with Crippen molar-refractivity contribution in [2.24, 2.45) is 11.8 Å². The molecule has 1 aliphatic rings. The van der Waals surface area contributed by atoms with Gasteiger partial charge in [0, 0.05) is 11.3 Å². The van der Waals surface area contributed by atoms with Crippen molar-refractivity contribution in [3.8, 4) is 0 Å². The van der Waals surface area contributed by atoms with Gasteiger partial charge in [-0.3, -0.25) is 4.79 Å². The molecular weight excluding hydrogens is 183 g/mol. The molecule has 0 radical (unpaired) electrons. The van der Waals surface area contributed by atoms with E-state index in [1.165, 1.54) is 0 Å². The Kier molecular flexibility index (Phi) is 3.20. The van der Waals surface area contributed by atoms with Crippen LogP contribution in [0, 0.1) is 11.8 Å². The molecular formula is C8H12Cl2O. The van der Waals surface area contributed by atoms with Crippen molar-refractivity contribution in [3.63, 3.8) is 0 Å². The van der Waals surface area contributed by atoms with Gasteiger partial charge in [0.05, 0.1) is 0 Å². The maximum absolute atomic E-state index is 10.9. The number of hydrogen-bond acceptors (Lipinski definition) is 1. The standard InChI is InChI=1S/C8H12Cl2O/c1-5-2-3-6(9)4-7(5)8(10)11/h5-7H,2-4H2,1H3/t5-,6-,7-/m1/s1. The quantitative estimate of drug-likeness (QED) is 0.464. The maximum atomic E-state index is 10.9. The summed E-state index contributed by atoms with van der Waals surface area (Å²) >= 11 is 11.3. The number of rotatable bonds is 1. The van der Waals surface area contributed by atoms with Gasteiger partial charge in [0.25, 0.3) is 0 Å². The first kappa shape index (κ1) is 9.34. The molecule has 0 aromatic heterocycles. The average Bonchev–Trinajstić information content (AvgIpc) is 1.94. The summed E-state index contributed by atoms with van der Waals surface area (Å²) in [6, 6.07) is 0. The molecule has 0 amide bonds. The van der Waals surface area contributed by atoms with E-state index < -0.39 is 0 Å². The fraction of sp³-hybridized carbons (Fsp3) is 0.875. The molecule has 64 valence electrons. The fourth-order valence-corrected chi connectivity index (χ4v) is 2.21. The Hall–Kier alpha value is 0.250. The molecule has 0 bridgehead atoms. The van der Waals surface area contributed by atoms with Gasteiger partial charge in [-0.1, -0.05) is 6.92 Å². The topological polar surface area (TPSA) is 17.1 Å². The molecule has 0 spiro atoms. The smallest absolute Gasteiger partial charge is 0.225 e. The van der Waals surface area contributed by atoms with Crippen LogP contribution in [0.15, 0.2) is 0 Å². The van der Waals surface area contributed by atoms with Crippen LogP contribution in [0.1, 0.15) is 26.2 Å². The second-order valence-electron chi connectivity index (χ2n) is 3.30. The SMILES string of the molecule is C[C@@H]1CC[C@@H](Cl)C[C@H]1C(=O)Cl. The maximum Gasteiger partial charge on any atom is 0.225 e. The first-order valence-corrected chi connectivity index (χ1v) is 4.76. The molecule has 1 saturated carbocycles. The minimum absolute atomic E-state index is 0.00656. The van der Waals surface area contributed by atoms with Crippen LogP contribution in [-0.2, 0) is 4.79 Å². The minimum Gasteiger partial charge on any atom is -0.281 e. The molecule has 1 rings (SSSR count). The van der Waals surface area contributed by atoms with Crippen LogP contribution in [0.25, 0.3) is 0 Å². The molecule has 11 heavy (non-hydrogen) atoms. The van der Waals surface area contributed by atoms with E-state index in [2.05, 4.69) is 6.92 Å². The highest BCUT2D eigenvalue weighted by Gasteiger charge is 2.30. The molecule has 3 heteroatoms. The summed E-state index contributed by atoms with van der Waals surface area (Å²) in [5, 5.41) is -0.0678. The molecule has 1 aliphatic carbocycles. The Morgan fingerprint density at radius 2 is 2.09 bits per heavy atom. The summed E-state index contributed by atoms with van der Waals surface area (Å²) < 4.78 is 0. The Morgan fingerprint density at radius 3 is 2.55 bits per heavy atom. The van der Waals surface area contributed by atoms with Crippen molar-refractivity contribution >= 4 is 28.4 Å². The lowest BCUT2D eigenvalue weighted by molar-refractivity contribution is -0.117. The van der Waals surface area contributed by atoms with E-state index in [1.807, 2.05) is 0 Å². The van der Waals surface area contributed by atoms with Gasteiger partial charge in [-0.05, 0) is 36.8 Å². The van der Waals surface area contributed by atoms with E-state index in [1.54, 1.807) is 0 Å². The van der Waals surface area contributed by atoms with E-state index in [9.17, 15) is 4.79 Å². The number of hydrogen-bond donors (Lipinski definition) is 0. The highest BCUT2D eigenvalue weighted by molar-refractivity contribution is 6.64. The number of alkyl halides is 1. The zero-order chi connectivity index (χ0) is 8.43. The summed E-state index contributed by atoms with van der Waals surface area (Å²) in [5.41, 5.74) is 0. The van der Waals surface area contributed by atoms with Crippen LogP contribution in [0.4, 0.5) is 0 Å². The lowest BCUT2D eigenvalue weighted by atomic mass is 9.81. The molecule has 0 unspecified atom stereocenters. The van der Waals surface area contributed by atoms with E-state index in [4.69, 9.17) is 23.2 Å². The average molecular weight is 195 g/mol. The van der Waals surface area contributed by atoms with E-state index in [-0.39, 0.29) is 16.5 Å². The second kappa shape index (κ2) is 3.77. The first-order valence-electron chi connectivity index (χ1n) is 3.94. The van der Waals surface area contributed by atoms with Crippen molar-refractivity contribution in [1.82, 2.24) is 0 Å². The molecule has 0 N–H and O–H groups in total. The second-order valence-corrected chi connectivity index (χ2v) is 4.29. The van der Waals surface area contributed by atoms with Crippen LogP contribution < -0.4 is 0 Å². The van der Waals surface area contributed by atoms with Gasteiger partial charge in [0.1, 0.15) is 0 Å². The van der Waals surface area contributed by atoms with E-state index >= 15 is 0 Å². The van der Waals surface area contributed by atoms with Crippen molar-refractivity contribution in [2.75, 3.05) is 0 Å². The molecule has 1 nitrogen and oxygen atoms in total. The van der Waals surface area contributed by atoms with Crippen LogP contribution in [0.2, 0.25) is 0 Å². The number of halogens is 2. The Balaban J connectivity index is 2.54. The summed E-state index contributed by atoms with van der Waals surface area (Å²) in [6.45, 7) is 2.06. The molecule has 0 heterocycles. The third-order valence-electron chi connectivity index (χ3n) is 2.42.